The molecule has 0 amide bonds. The summed E-state index contributed by atoms with van der Waals surface area (Å²) in [5.74, 6) is 0. The molecular formula is C12H17N3O2. The molecule has 0 aliphatic carbocycles. The molecule has 5 nitrogen and oxygen atoms in total. The highest BCUT2D eigenvalue weighted by Gasteiger charge is 2.17. The molecule has 2 atom stereocenters. The van der Waals surface area contributed by atoms with Gasteiger partial charge in [-0.25, -0.2) is 4.68 Å². The van der Waals surface area contributed by atoms with Crippen molar-refractivity contribution in [3.05, 3.63) is 24.3 Å². The van der Waals surface area contributed by atoms with E-state index in [9.17, 15) is 0 Å². The molecule has 1 heterocycles. The number of nitrogens with zero attached hydrogens (tertiary/aromatic N) is 3. The lowest BCUT2D eigenvalue weighted by molar-refractivity contribution is -0.0145. The van der Waals surface area contributed by atoms with Crippen LogP contribution in [0.4, 0.5) is 0 Å². The standard InChI is InChI=1S/C12H17N3O2/c1-9(16-2)8-12(17-3)15-11-7-5-4-6-10(11)13-14-15/h4-7,9,12H,8H2,1-3H3. The number of ether oxygens (including phenoxy) is 2. The molecule has 1 aromatic heterocycles. The van der Waals surface area contributed by atoms with Gasteiger partial charge in [-0.3, -0.25) is 0 Å². The summed E-state index contributed by atoms with van der Waals surface area (Å²) in [6.45, 7) is 2.01. The first-order chi connectivity index (χ1) is 8.26. The lowest BCUT2D eigenvalue weighted by Gasteiger charge is -2.19. The Labute approximate surface area is 100 Å². The van der Waals surface area contributed by atoms with Gasteiger partial charge in [0.05, 0.1) is 11.6 Å². The molecule has 0 aliphatic rings. The van der Waals surface area contributed by atoms with Crippen molar-refractivity contribution < 1.29 is 9.47 Å². The van der Waals surface area contributed by atoms with Gasteiger partial charge in [-0.2, -0.15) is 0 Å². The van der Waals surface area contributed by atoms with Gasteiger partial charge in [0.1, 0.15) is 5.52 Å². The van der Waals surface area contributed by atoms with E-state index in [-0.39, 0.29) is 12.3 Å². The zero-order valence-electron chi connectivity index (χ0n) is 10.3. The minimum atomic E-state index is -0.155. The third-order valence-electron chi connectivity index (χ3n) is 2.86. The quantitative estimate of drug-likeness (QED) is 0.795. The van der Waals surface area contributed by atoms with Crippen LogP contribution in [0.5, 0.6) is 0 Å². The molecule has 0 aliphatic heterocycles. The van der Waals surface area contributed by atoms with Gasteiger partial charge in [0.2, 0.25) is 0 Å². The first-order valence-electron chi connectivity index (χ1n) is 5.61. The Morgan fingerprint density at radius 3 is 2.71 bits per heavy atom. The van der Waals surface area contributed by atoms with E-state index >= 15 is 0 Å². The summed E-state index contributed by atoms with van der Waals surface area (Å²) < 4.78 is 12.5. The van der Waals surface area contributed by atoms with E-state index in [1.807, 2.05) is 31.2 Å². The molecule has 0 radical (unpaired) electrons. The van der Waals surface area contributed by atoms with E-state index in [1.54, 1.807) is 18.9 Å². The molecule has 17 heavy (non-hydrogen) atoms. The number of para-hydroxylation sites is 1. The molecular weight excluding hydrogens is 218 g/mol. The Morgan fingerprint density at radius 2 is 2.00 bits per heavy atom. The minimum Gasteiger partial charge on any atom is -0.382 e. The Kier molecular flexibility index (Phi) is 3.71. The molecule has 0 saturated heterocycles. The Morgan fingerprint density at radius 1 is 1.24 bits per heavy atom. The lowest BCUT2D eigenvalue weighted by atomic mass is 10.2. The number of benzene rings is 1. The number of aromatic nitrogens is 3. The highest BCUT2D eigenvalue weighted by molar-refractivity contribution is 5.73. The van der Waals surface area contributed by atoms with E-state index in [4.69, 9.17) is 9.47 Å². The Hall–Kier alpha value is -1.46. The van der Waals surface area contributed by atoms with Crippen molar-refractivity contribution in [3.63, 3.8) is 0 Å². The summed E-state index contributed by atoms with van der Waals surface area (Å²) in [4.78, 5) is 0. The van der Waals surface area contributed by atoms with Crippen molar-refractivity contribution in [2.24, 2.45) is 0 Å². The van der Waals surface area contributed by atoms with Gasteiger partial charge < -0.3 is 9.47 Å². The summed E-state index contributed by atoms with van der Waals surface area (Å²) >= 11 is 0. The highest BCUT2D eigenvalue weighted by atomic mass is 16.5. The lowest BCUT2D eigenvalue weighted by Crippen LogP contribution is -2.19. The smallest absolute Gasteiger partial charge is 0.154 e. The van der Waals surface area contributed by atoms with Crippen molar-refractivity contribution in [2.75, 3.05) is 14.2 Å². The normalized spacial score (nSPS) is 15.0. The molecule has 2 rings (SSSR count). The molecule has 0 bridgehead atoms. The molecule has 5 heteroatoms. The second-order valence-corrected chi connectivity index (χ2v) is 4.00. The maximum Gasteiger partial charge on any atom is 0.154 e. The van der Waals surface area contributed by atoms with E-state index in [1.165, 1.54) is 0 Å². The average molecular weight is 235 g/mol. The number of hydrogen-bond donors (Lipinski definition) is 0. The van der Waals surface area contributed by atoms with Gasteiger partial charge in [-0.05, 0) is 19.1 Å². The zero-order valence-corrected chi connectivity index (χ0v) is 10.3. The van der Waals surface area contributed by atoms with Crippen LogP contribution in [0.25, 0.3) is 11.0 Å². The predicted octanol–water partition coefficient (Wildman–Crippen LogP) is 2.00. The Balaban J connectivity index is 2.30. The van der Waals surface area contributed by atoms with Crippen molar-refractivity contribution in [1.82, 2.24) is 15.0 Å². The number of methoxy groups -OCH3 is 2. The fourth-order valence-corrected chi connectivity index (χ4v) is 1.78. The van der Waals surface area contributed by atoms with Gasteiger partial charge in [0, 0.05) is 20.6 Å². The first-order valence-corrected chi connectivity index (χ1v) is 5.61. The number of fused-ring (bicyclic) bond motifs is 1. The topological polar surface area (TPSA) is 49.2 Å². The van der Waals surface area contributed by atoms with Gasteiger partial charge in [0.25, 0.3) is 0 Å². The second-order valence-electron chi connectivity index (χ2n) is 4.00. The van der Waals surface area contributed by atoms with Crippen molar-refractivity contribution in [3.8, 4) is 0 Å². The summed E-state index contributed by atoms with van der Waals surface area (Å²) in [7, 11) is 3.36. The summed E-state index contributed by atoms with van der Waals surface area (Å²) in [5, 5.41) is 8.25. The van der Waals surface area contributed by atoms with Crippen LogP contribution in [-0.2, 0) is 9.47 Å². The van der Waals surface area contributed by atoms with Crippen molar-refractivity contribution in [2.45, 2.75) is 25.7 Å². The monoisotopic (exact) mass is 235 g/mol. The van der Waals surface area contributed by atoms with Crippen LogP contribution >= 0.6 is 0 Å². The fraction of sp³-hybridized carbons (Fsp3) is 0.500. The van der Waals surface area contributed by atoms with Crippen LogP contribution in [0.2, 0.25) is 0 Å². The molecule has 1 aromatic carbocycles. The van der Waals surface area contributed by atoms with Crippen LogP contribution in [0.3, 0.4) is 0 Å². The molecule has 0 N–H and O–H groups in total. The SMILES string of the molecule is COC(C)CC(OC)n1nnc2ccccc21. The molecule has 0 spiro atoms. The van der Waals surface area contributed by atoms with Gasteiger partial charge in [0.15, 0.2) is 6.23 Å². The van der Waals surface area contributed by atoms with Gasteiger partial charge in [-0.1, -0.05) is 17.3 Å². The molecule has 2 unspecified atom stereocenters. The zero-order chi connectivity index (χ0) is 12.3. The van der Waals surface area contributed by atoms with Crippen LogP contribution in [0, 0.1) is 0 Å². The average Bonchev–Trinajstić information content (AvgIpc) is 2.79. The van der Waals surface area contributed by atoms with E-state index in [2.05, 4.69) is 10.3 Å². The van der Waals surface area contributed by atoms with E-state index in [0.717, 1.165) is 17.5 Å². The molecule has 2 aromatic rings. The summed E-state index contributed by atoms with van der Waals surface area (Å²) in [6, 6.07) is 7.83. The van der Waals surface area contributed by atoms with Gasteiger partial charge in [-0.15, -0.1) is 5.10 Å². The van der Waals surface area contributed by atoms with Crippen LogP contribution in [0.1, 0.15) is 19.6 Å². The second kappa shape index (κ2) is 5.25. The molecule has 92 valence electrons. The van der Waals surface area contributed by atoms with Crippen LogP contribution < -0.4 is 0 Å². The maximum absolute atomic E-state index is 5.46. The van der Waals surface area contributed by atoms with E-state index in [0.29, 0.717) is 0 Å². The largest absolute Gasteiger partial charge is 0.382 e. The summed E-state index contributed by atoms with van der Waals surface area (Å²) in [6.07, 6.45) is 0.695. The fourth-order valence-electron chi connectivity index (χ4n) is 1.78. The van der Waals surface area contributed by atoms with Crippen LogP contribution in [-0.4, -0.2) is 35.3 Å². The minimum absolute atomic E-state index is 0.114. The third-order valence-corrected chi connectivity index (χ3v) is 2.86. The number of rotatable bonds is 5. The van der Waals surface area contributed by atoms with Gasteiger partial charge >= 0.3 is 0 Å². The summed E-state index contributed by atoms with van der Waals surface area (Å²) in [5.41, 5.74) is 1.85. The van der Waals surface area contributed by atoms with Crippen molar-refractivity contribution >= 4 is 11.0 Å². The maximum atomic E-state index is 5.46. The first kappa shape index (κ1) is 12.0. The molecule has 0 saturated carbocycles. The highest BCUT2D eigenvalue weighted by Crippen LogP contribution is 2.20. The molecule has 0 fully saturated rings. The third kappa shape index (κ3) is 2.45. The van der Waals surface area contributed by atoms with Crippen LogP contribution in [0.15, 0.2) is 24.3 Å². The predicted molar refractivity (Wildman–Crippen MR) is 64.7 cm³/mol. The number of hydrogen-bond acceptors (Lipinski definition) is 4. The van der Waals surface area contributed by atoms with Crippen molar-refractivity contribution in [1.29, 1.82) is 0 Å². The Bertz CT molecular complexity index is 483. The van der Waals surface area contributed by atoms with E-state index < -0.39 is 0 Å².